The lowest BCUT2D eigenvalue weighted by molar-refractivity contribution is 0.0725. The molecule has 0 atom stereocenters. The number of carbonyl (C=O) groups excluding carboxylic acids is 1. The van der Waals surface area contributed by atoms with Crippen LogP contribution in [0.5, 0.6) is 0 Å². The number of aromatic nitrogens is 1. The summed E-state index contributed by atoms with van der Waals surface area (Å²) in [6.07, 6.45) is 4.55. The van der Waals surface area contributed by atoms with E-state index in [2.05, 4.69) is 0 Å². The van der Waals surface area contributed by atoms with E-state index >= 15 is 0 Å². The van der Waals surface area contributed by atoms with Crippen LogP contribution in [0.25, 0.3) is 10.9 Å². The summed E-state index contributed by atoms with van der Waals surface area (Å²) in [6.45, 7) is 2.05. The molecule has 23 heavy (non-hydrogen) atoms. The number of benzene rings is 1. The lowest BCUT2D eigenvalue weighted by Gasteiger charge is -2.26. The molecule has 4 nitrogen and oxygen atoms in total. The molecular weight excluding hydrogens is 302 g/mol. The van der Waals surface area contributed by atoms with Crippen molar-refractivity contribution in [1.82, 2.24) is 9.47 Å². The molecule has 1 aromatic carbocycles. The fraction of sp³-hybridized carbons (Fsp3) is 0.471. The number of rotatable bonds is 4. The third kappa shape index (κ3) is 2.95. The van der Waals surface area contributed by atoms with Crippen LogP contribution in [0.15, 0.2) is 18.3 Å². The zero-order valence-electron chi connectivity index (χ0n) is 13.1. The first-order valence-electron chi connectivity index (χ1n) is 7.88. The molecular formula is C17H20F2N2O2. The molecule has 1 amide bonds. The van der Waals surface area contributed by atoms with Gasteiger partial charge in [0.25, 0.3) is 5.91 Å². The lowest BCUT2D eigenvalue weighted by Crippen LogP contribution is -2.35. The zero-order chi connectivity index (χ0) is 16.4. The number of carbonyl (C=O) groups is 1. The largest absolute Gasteiger partial charge is 0.383 e. The predicted molar refractivity (Wildman–Crippen MR) is 83.5 cm³/mol. The van der Waals surface area contributed by atoms with Crippen molar-refractivity contribution in [2.75, 3.05) is 26.8 Å². The molecule has 124 valence electrons. The topological polar surface area (TPSA) is 34.5 Å². The third-order valence-electron chi connectivity index (χ3n) is 4.33. The molecule has 0 saturated carbocycles. The average molecular weight is 322 g/mol. The molecule has 1 saturated heterocycles. The Bertz CT molecular complexity index is 721. The van der Waals surface area contributed by atoms with Gasteiger partial charge in [-0.15, -0.1) is 0 Å². The summed E-state index contributed by atoms with van der Waals surface area (Å²) in [4.78, 5) is 14.5. The van der Waals surface area contributed by atoms with E-state index in [0.29, 0.717) is 26.2 Å². The zero-order valence-corrected chi connectivity index (χ0v) is 13.1. The maximum atomic E-state index is 14.3. The normalized spacial score (nSPS) is 15.3. The van der Waals surface area contributed by atoms with Gasteiger partial charge in [0.1, 0.15) is 11.6 Å². The Labute approximate surface area is 133 Å². The average Bonchev–Trinajstić information content (AvgIpc) is 2.97. The molecule has 1 aromatic heterocycles. The summed E-state index contributed by atoms with van der Waals surface area (Å²) in [7, 11) is 1.54. The van der Waals surface area contributed by atoms with Gasteiger partial charge >= 0.3 is 0 Å². The summed E-state index contributed by atoms with van der Waals surface area (Å²) in [5, 5.41) is 0.0664. The second kappa shape index (κ2) is 6.66. The smallest absolute Gasteiger partial charge is 0.256 e. The molecule has 0 radical (unpaired) electrons. The Hall–Kier alpha value is -1.95. The number of methoxy groups -OCH3 is 1. The Morgan fingerprint density at radius 2 is 1.87 bits per heavy atom. The van der Waals surface area contributed by atoms with Gasteiger partial charge in [-0.1, -0.05) is 0 Å². The van der Waals surface area contributed by atoms with E-state index in [-0.39, 0.29) is 22.4 Å². The number of hydrogen-bond acceptors (Lipinski definition) is 2. The fourth-order valence-corrected chi connectivity index (χ4v) is 3.16. The summed E-state index contributed by atoms with van der Waals surface area (Å²) in [5.41, 5.74) is 0.359. The van der Waals surface area contributed by atoms with Crippen molar-refractivity contribution in [2.24, 2.45) is 0 Å². The molecule has 1 aliphatic heterocycles. The molecule has 2 aromatic rings. The summed E-state index contributed by atoms with van der Waals surface area (Å²) >= 11 is 0. The van der Waals surface area contributed by atoms with Gasteiger partial charge in [0, 0.05) is 32.9 Å². The first-order valence-corrected chi connectivity index (χ1v) is 7.88. The molecule has 0 aliphatic carbocycles. The van der Waals surface area contributed by atoms with Crippen molar-refractivity contribution in [3.05, 3.63) is 35.5 Å². The van der Waals surface area contributed by atoms with Crippen molar-refractivity contribution in [2.45, 2.75) is 25.8 Å². The molecule has 0 unspecified atom stereocenters. The Morgan fingerprint density at radius 3 is 2.57 bits per heavy atom. The minimum absolute atomic E-state index is 0.0664. The molecule has 3 rings (SSSR count). The standard InChI is InChI=1S/C17H20F2N2O2/c1-23-10-9-21-11-12(17(22)20-7-3-2-4-8-20)15-13(18)5-6-14(19)16(15)21/h5-6,11H,2-4,7-10H2,1H3. The molecule has 0 spiro atoms. The second-order valence-electron chi connectivity index (χ2n) is 5.83. The highest BCUT2D eigenvalue weighted by molar-refractivity contribution is 6.07. The van der Waals surface area contributed by atoms with Gasteiger partial charge in [-0.3, -0.25) is 4.79 Å². The van der Waals surface area contributed by atoms with Crippen LogP contribution in [-0.4, -0.2) is 42.2 Å². The minimum Gasteiger partial charge on any atom is -0.383 e. The summed E-state index contributed by atoms with van der Waals surface area (Å²) in [5.74, 6) is -1.33. The summed E-state index contributed by atoms with van der Waals surface area (Å²) < 4.78 is 35.1. The number of fused-ring (bicyclic) bond motifs is 1. The van der Waals surface area contributed by atoms with E-state index < -0.39 is 11.6 Å². The van der Waals surface area contributed by atoms with Crippen LogP contribution in [-0.2, 0) is 11.3 Å². The van der Waals surface area contributed by atoms with Crippen LogP contribution >= 0.6 is 0 Å². The first kappa shape index (κ1) is 15.9. The lowest BCUT2D eigenvalue weighted by atomic mass is 10.1. The number of amides is 1. The highest BCUT2D eigenvalue weighted by atomic mass is 19.1. The van der Waals surface area contributed by atoms with E-state index in [4.69, 9.17) is 4.74 Å². The van der Waals surface area contributed by atoms with Crippen molar-refractivity contribution < 1.29 is 18.3 Å². The van der Waals surface area contributed by atoms with Gasteiger partial charge in [0.15, 0.2) is 0 Å². The van der Waals surface area contributed by atoms with Crippen molar-refractivity contribution in [3.63, 3.8) is 0 Å². The molecule has 6 heteroatoms. The van der Waals surface area contributed by atoms with Gasteiger partial charge in [0.2, 0.25) is 0 Å². The maximum Gasteiger partial charge on any atom is 0.256 e. The summed E-state index contributed by atoms with van der Waals surface area (Å²) in [6, 6.07) is 2.17. The van der Waals surface area contributed by atoms with Gasteiger partial charge in [-0.2, -0.15) is 0 Å². The van der Waals surface area contributed by atoms with Crippen LogP contribution < -0.4 is 0 Å². The van der Waals surface area contributed by atoms with Gasteiger partial charge in [-0.25, -0.2) is 8.78 Å². The SMILES string of the molecule is COCCn1cc(C(=O)N2CCCCC2)c2c(F)ccc(F)c21. The van der Waals surface area contributed by atoms with Crippen molar-refractivity contribution in [3.8, 4) is 0 Å². The molecule has 2 heterocycles. The van der Waals surface area contributed by atoms with Crippen LogP contribution in [0.1, 0.15) is 29.6 Å². The van der Waals surface area contributed by atoms with Crippen LogP contribution in [0, 0.1) is 11.6 Å². The Morgan fingerprint density at radius 1 is 1.17 bits per heavy atom. The highest BCUT2D eigenvalue weighted by Gasteiger charge is 2.25. The number of hydrogen-bond donors (Lipinski definition) is 0. The fourth-order valence-electron chi connectivity index (χ4n) is 3.16. The molecule has 0 N–H and O–H groups in total. The van der Waals surface area contributed by atoms with Gasteiger partial charge in [-0.05, 0) is 31.4 Å². The van der Waals surface area contributed by atoms with E-state index in [0.717, 1.165) is 31.4 Å². The number of piperidine rings is 1. The van der Waals surface area contributed by atoms with Gasteiger partial charge in [0.05, 0.1) is 23.1 Å². The third-order valence-corrected chi connectivity index (χ3v) is 4.33. The Kier molecular flexibility index (Phi) is 4.61. The van der Waals surface area contributed by atoms with Crippen LogP contribution in [0.4, 0.5) is 8.78 Å². The molecule has 1 aliphatic rings. The van der Waals surface area contributed by atoms with E-state index in [1.807, 2.05) is 0 Å². The quantitative estimate of drug-likeness (QED) is 0.866. The van der Waals surface area contributed by atoms with E-state index in [1.54, 1.807) is 22.8 Å². The van der Waals surface area contributed by atoms with Crippen LogP contribution in [0.3, 0.4) is 0 Å². The van der Waals surface area contributed by atoms with Crippen molar-refractivity contribution >= 4 is 16.8 Å². The monoisotopic (exact) mass is 322 g/mol. The first-order chi connectivity index (χ1) is 11.1. The minimum atomic E-state index is -0.571. The van der Waals surface area contributed by atoms with Crippen molar-refractivity contribution in [1.29, 1.82) is 0 Å². The molecule has 0 bridgehead atoms. The Balaban J connectivity index is 2.08. The molecule has 1 fully saturated rings. The van der Waals surface area contributed by atoms with E-state index in [9.17, 15) is 13.6 Å². The number of nitrogens with zero attached hydrogens (tertiary/aromatic N) is 2. The second-order valence-corrected chi connectivity index (χ2v) is 5.83. The number of likely N-dealkylation sites (tertiary alicyclic amines) is 1. The predicted octanol–water partition coefficient (Wildman–Crippen LogP) is 3.19. The van der Waals surface area contributed by atoms with Gasteiger partial charge < -0.3 is 14.2 Å². The van der Waals surface area contributed by atoms with E-state index in [1.165, 1.54) is 0 Å². The highest BCUT2D eigenvalue weighted by Crippen LogP contribution is 2.28. The number of halogens is 2. The number of ether oxygens (including phenoxy) is 1. The van der Waals surface area contributed by atoms with Crippen LogP contribution in [0.2, 0.25) is 0 Å². The maximum absolute atomic E-state index is 14.3.